The number of rotatable bonds is 6. The van der Waals surface area contributed by atoms with Gasteiger partial charge in [-0.2, -0.15) is 0 Å². The highest BCUT2D eigenvalue weighted by molar-refractivity contribution is 7.18. The monoisotopic (exact) mass is 376 g/mol. The van der Waals surface area contributed by atoms with Gasteiger partial charge in [0.2, 0.25) is 5.91 Å². The summed E-state index contributed by atoms with van der Waals surface area (Å²) >= 11 is 1.65. The molecule has 0 aliphatic carbocycles. The van der Waals surface area contributed by atoms with Crippen molar-refractivity contribution in [1.82, 2.24) is 19.9 Å². The number of nitrogens with one attached hydrogen (secondary N) is 1. The van der Waals surface area contributed by atoms with E-state index in [9.17, 15) is 4.79 Å². The lowest BCUT2D eigenvalue weighted by Gasteiger charge is -2.19. The molecule has 27 heavy (non-hydrogen) atoms. The van der Waals surface area contributed by atoms with Crippen LogP contribution in [-0.4, -0.2) is 20.4 Å². The number of hydrogen-bond donors (Lipinski definition) is 1. The van der Waals surface area contributed by atoms with Crippen molar-refractivity contribution in [3.8, 4) is 0 Å². The molecular weight excluding hydrogens is 356 g/mol. The number of para-hydroxylation sites is 1. The molecule has 2 heterocycles. The summed E-state index contributed by atoms with van der Waals surface area (Å²) in [5, 5.41) is 4.12. The molecule has 0 aliphatic heterocycles. The molecule has 1 N–H and O–H groups in total. The maximum absolute atomic E-state index is 12.7. The molecule has 2 aromatic carbocycles. The van der Waals surface area contributed by atoms with Crippen LogP contribution in [0.2, 0.25) is 0 Å². The smallest absolute Gasteiger partial charge is 0.221 e. The Morgan fingerprint density at radius 3 is 2.67 bits per heavy atom. The van der Waals surface area contributed by atoms with E-state index in [1.807, 2.05) is 66.3 Å². The zero-order chi connectivity index (χ0) is 18.6. The molecule has 0 bridgehead atoms. The first-order valence-electron chi connectivity index (χ1n) is 8.86. The van der Waals surface area contributed by atoms with Crippen LogP contribution in [-0.2, 0) is 18.3 Å². The van der Waals surface area contributed by atoms with Gasteiger partial charge in [-0.05, 0) is 17.7 Å². The van der Waals surface area contributed by atoms with Crippen molar-refractivity contribution in [3.05, 3.63) is 83.4 Å². The van der Waals surface area contributed by atoms with E-state index >= 15 is 0 Å². The molecule has 1 atom stereocenters. The van der Waals surface area contributed by atoms with Gasteiger partial charge >= 0.3 is 0 Å². The summed E-state index contributed by atoms with van der Waals surface area (Å²) in [5.41, 5.74) is 2.01. The third kappa shape index (κ3) is 3.90. The van der Waals surface area contributed by atoms with Crippen molar-refractivity contribution in [2.45, 2.75) is 18.9 Å². The van der Waals surface area contributed by atoms with Crippen molar-refractivity contribution >= 4 is 27.5 Å². The first kappa shape index (κ1) is 17.4. The summed E-state index contributed by atoms with van der Waals surface area (Å²) in [6.45, 7) is 0. The van der Waals surface area contributed by atoms with Gasteiger partial charge in [-0.15, -0.1) is 11.3 Å². The van der Waals surface area contributed by atoms with Gasteiger partial charge in [-0.1, -0.05) is 42.5 Å². The van der Waals surface area contributed by atoms with Crippen molar-refractivity contribution in [2.24, 2.45) is 7.05 Å². The Bertz CT molecular complexity index is 1020. The number of fused-ring (bicyclic) bond motifs is 1. The lowest BCUT2D eigenvalue weighted by atomic mass is 10.1. The zero-order valence-corrected chi connectivity index (χ0v) is 15.8. The molecule has 2 aromatic heterocycles. The maximum Gasteiger partial charge on any atom is 0.221 e. The van der Waals surface area contributed by atoms with E-state index in [1.54, 1.807) is 17.5 Å². The van der Waals surface area contributed by atoms with Crippen molar-refractivity contribution in [2.75, 3.05) is 0 Å². The third-order valence-electron chi connectivity index (χ3n) is 4.46. The number of amides is 1. The Hall–Kier alpha value is -2.99. The topological polar surface area (TPSA) is 59.8 Å². The molecule has 1 unspecified atom stereocenters. The Kier molecular flexibility index (Phi) is 4.98. The molecule has 4 aromatic rings. The Labute approximate surface area is 161 Å². The van der Waals surface area contributed by atoms with E-state index in [-0.39, 0.29) is 11.9 Å². The van der Waals surface area contributed by atoms with Gasteiger partial charge in [0, 0.05) is 32.3 Å². The lowest BCUT2D eigenvalue weighted by Crippen LogP contribution is -2.31. The van der Waals surface area contributed by atoms with Crippen molar-refractivity contribution in [1.29, 1.82) is 0 Å². The molecule has 136 valence electrons. The van der Waals surface area contributed by atoms with Crippen molar-refractivity contribution in [3.63, 3.8) is 0 Å². The van der Waals surface area contributed by atoms with Gasteiger partial charge in [-0.25, -0.2) is 9.97 Å². The van der Waals surface area contributed by atoms with Gasteiger partial charge in [-0.3, -0.25) is 4.79 Å². The quantitative estimate of drug-likeness (QED) is 0.556. The molecule has 0 saturated heterocycles. The van der Waals surface area contributed by atoms with E-state index in [0.29, 0.717) is 12.8 Å². The minimum Gasteiger partial charge on any atom is -0.342 e. The number of imidazole rings is 1. The molecule has 0 aliphatic rings. The van der Waals surface area contributed by atoms with E-state index in [4.69, 9.17) is 0 Å². The van der Waals surface area contributed by atoms with Crippen LogP contribution >= 0.6 is 11.3 Å². The summed E-state index contributed by atoms with van der Waals surface area (Å²) in [7, 11) is 1.94. The molecule has 0 fully saturated rings. The molecular formula is C21H20N4OS. The van der Waals surface area contributed by atoms with Gasteiger partial charge in [0.25, 0.3) is 0 Å². The Morgan fingerprint density at radius 1 is 1.15 bits per heavy atom. The van der Waals surface area contributed by atoms with Gasteiger partial charge in [0.1, 0.15) is 11.9 Å². The van der Waals surface area contributed by atoms with Crippen LogP contribution in [0.15, 0.2) is 67.0 Å². The number of benzene rings is 2. The predicted octanol–water partition coefficient (Wildman–Crippen LogP) is 3.87. The normalized spacial score (nSPS) is 12.2. The van der Waals surface area contributed by atoms with E-state index in [0.717, 1.165) is 26.6 Å². The second-order valence-electron chi connectivity index (χ2n) is 6.38. The SMILES string of the molecule is Cn1ccnc1C(NC(=O)CCc1nc2ccccc2s1)c1ccccc1. The average molecular weight is 376 g/mol. The molecule has 5 nitrogen and oxygen atoms in total. The number of aryl methyl sites for hydroxylation is 2. The number of aromatic nitrogens is 3. The molecule has 0 spiro atoms. The van der Waals surface area contributed by atoms with Crippen molar-refractivity contribution < 1.29 is 4.79 Å². The molecule has 1 amide bonds. The van der Waals surface area contributed by atoms with Gasteiger partial charge < -0.3 is 9.88 Å². The Balaban J connectivity index is 1.47. The second kappa shape index (κ2) is 7.72. The maximum atomic E-state index is 12.7. The number of carbonyl (C=O) groups is 1. The van der Waals surface area contributed by atoms with Crippen LogP contribution in [0.3, 0.4) is 0 Å². The fourth-order valence-corrected chi connectivity index (χ4v) is 4.05. The molecule has 4 rings (SSSR count). The van der Waals surface area contributed by atoms with E-state index < -0.39 is 0 Å². The summed E-state index contributed by atoms with van der Waals surface area (Å²) in [4.78, 5) is 21.7. The first-order valence-corrected chi connectivity index (χ1v) is 9.68. The fourth-order valence-electron chi connectivity index (χ4n) is 3.08. The third-order valence-corrected chi connectivity index (χ3v) is 5.56. The number of carbonyl (C=O) groups excluding carboxylic acids is 1. The molecule has 0 radical (unpaired) electrons. The van der Waals surface area contributed by atoms with Crippen LogP contribution in [0.25, 0.3) is 10.2 Å². The second-order valence-corrected chi connectivity index (χ2v) is 7.50. The van der Waals surface area contributed by atoms with Gasteiger partial charge in [0.05, 0.1) is 15.2 Å². The minimum absolute atomic E-state index is 0.00823. The van der Waals surface area contributed by atoms with Crippen LogP contribution in [0, 0.1) is 0 Å². The Morgan fingerprint density at radius 2 is 1.93 bits per heavy atom. The van der Waals surface area contributed by atoms with Crippen LogP contribution in [0.5, 0.6) is 0 Å². The summed E-state index contributed by atoms with van der Waals surface area (Å²) in [6, 6.07) is 17.7. The predicted molar refractivity (Wildman–Crippen MR) is 108 cm³/mol. The highest BCUT2D eigenvalue weighted by atomic mass is 32.1. The highest BCUT2D eigenvalue weighted by Gasteiger charge is 2.20. The minimum atomic E-state index is -0.269. The summed E-state index contributed by atoms with van der Waals surface area (Å²) in [5.74, 6) is 0.806. The molecule has 0 saturated carbocycles. The number of hydrogen-bond acceptors (Lipinski definition) is 4. The zero-order valence-electron chi connectivity index (χ0n) is 15.0. The van der Waals surface area contributed by atoms with Crippen LogP contribution in [0.4, 0.5) is 0 Å². The number of nitrogens with zero attached hydrogens (tertiary/aromatic N) is 3. The number of thiazole rings is 1. The summed E-state index contributed by atoms with van der Waals surface area (Å²) in [6.07, 6.45) is 4.66. The highest BCUT2D eigenvalue weighted by Crippen LogP contribution is 2.23. The van der Waals surface area contributed by atoms with E-state index in [2.05, 4.69) is 21.4 Å². The fraction of sp³-hybridized carbons (Fsp3) is 0.190. The largest absolute Gasteiger partial charge is 0.342 e. The molecule has 6 heteroatoms. The standard InChI is InChI=1S/C21H20N4OS/c1-25-14-13-22-21(25)20(15-7-3-2-4-8-15)24-18(26)11-12-19-23-16-9-5-6-10-17(16)27-19/h2-10,13-14,20H,11-12H2,1H3,(H,24,26). The van der Waals surface area contributed by atoms with Crippen LogP contribution < -0.4 is 5.32 Å². The lowest BCUT2D eigenvalue weighted by molar-refractivity contribution is -0.121. The van der Waals surface area contributed by atoms with Crippen LogP contribution in [0.1, 0.15) is 28.9 Å². The first-order chi connectivity index (χ1) is 13.2. The van der Waals surface area contributed by atoms with Gasteiger partial charge in [0.15, 0.2) is 0 Å². The summed E-state index contributed by atoms with van der Waals surface area (Å²) < 4.78 is 3.09. The van der Waals surface area contributed by atoms with E-state index in [1.165, 1.54) is 0 Å². The average Bonchev–Trinajstić information content (AvgIpc) is 3.31.